The Kier molecular flexibility index (Phi) is 5.23. The topological polar surface area (TPSA) is 38.8 Å². The fourth-order valence-corrected chi connectivity index (χ4v) is 4.24. The van der Waals surface area contributed by atoms with Crippen molar-refractivity contribution in [1.82, 2.24) is 4.90 Å². The number of carbonyl (C=O) groups excluding carboxylic acids is 1. The summed E-state index contributed by atoms with van der Waals surface area (Å²) >= 11 is -1.95. The summed E-state index contributed by atoms with van der Waals surface area (Å²) in [7, 11) is 0. The van der Waals surface area contributed by atoms with Crippen LogP contribution in [0.3, 0.4) is 0 Å². The van der Waals surface area contributed by atoms with E-state index in [1.807, 2.05) is 34.6 Å². The predicted molar refractivity (Wildman–Crippen MR) is 84.4 cm³/mol. The average Bonchev–Trinajstić information content (AvgIpc) is 2.47. The Hall–Kier alpha value is -0.231. The summed E-state index contributed by atoms with van der Waals surface area (Å²) in [5.41, 5.74) is -1.10. The van der Waals surface area contributed by atoms with Gasteiger partial charge in [-0.3, -0.25) is 0 Å². The Balaban J connectivity index is 2.75. The van der Waals surface area contributed by atoms with Crippen molar-refractivity contribution in [3.05, 3.63) is 10.2 Å². The zero-order valence-electron chi connectivity index (χ0n) is 14.1. The van der Waals surface area contributed by atoms with Gasteiger partial charge < -0.3 is 0 Å². The average molecular weight is 390 g/mol. The summed E-state index contributed by atoms with van der Waals surface area (Å²) in [6.45, 7) is 10.00. The van der Waals surface area contributed by atoms with E-state index in [0.29, 0.717) is 6.54 Å². The Morgan fingerprint density at radius 1 is 1.35 bits per heavy atom. The molecule has 1 amide bonds. The molecule has 5 heteroatoms. The molecule has 1 aliphatic heterocycles. The molecular weight excluding hydrogens is 361 g/mol. The molecule has 0 aromatic heterocycles. The van der Waals surface area contributed by atoms with Crippen molar-refractivity contribution in [2.24, 2.45) is 0 Å². The number of hydrogen-bond donors (Lipinski definition) is 0. The van der Waals surface area contributed by atoms with Crippen LogP contribution >= 0.6 is 0 Å². The van der Waals surface area contributed by atoms with Crippen molar-refractivity contribution >= 4 is 24.5 Å². The summed E-state index contributed by atoms with van der Waals surface area (Å²) in [5, 5.41) is 0. The van der Waals surface area contributed by atoms with Crippen molar-refractivity contribution in [2.45, 2.75) is 66.9 Å². The molecule has 116 valence electrons. The summed E-state index contributed by atoms with van der Waals surface area (Å²) < 4.78 is 13.7. The first-order chi connectivity index (χ1) is 8.80. The predicted octanol–water partition coefficient (Wildman–Crippen LogP) is 3.79. The second-order valence-electron chi connectivity index (χ2n) is 7.92. The zero-order chi connectivity index (χ0) is 15.8. The van der Waals surface area contributed by atoms with Gasteiger partial charge in [0.25, 0.3) is 0 Å². The molecule has 0 aromatic rings. The number of nitrogens with zero attached hydrogens (tertiary/aromatic N) is 1. The maximum absolute atomic E-state index is 12.2. The van der Waals surface area contributed by atoms with Crippen LogP contribution in [0, 0.1) is 0 Å². The van der Waals surface area contributed by atoms with Gasteiger partial charge in [0.1, 0.15) is 0 Å². The Labute approximate surface area is 127 Å². The van der Waals surface area contributed by atoms with Crippen LogP contribution in [0.1, 0.15) is 34.6 Å². The standard InChI is InChI=1S/C12H20NO3.3CH3.Sn/c1-7-9-8-13(12(5,6)15-9)10(14)16-11(2,3)4;;;;/h1,7,9H,8H2,2-6H3;3*1H3;/t9-;;;;/m0..../s1. The van der Waals surface area contributed by atoms with Crippen LogP contribution < -0.4 is 0 Å². The summed E-state index contributed by atoms with van der Waals surface area (Å²) in [5.74, 6) is 0. The molecule has 1 atom stereocenters. The molecule has 1 heterocycles. The van der Waals surface area contributed by atoms with E-state index >= 15 is 0 Å². The number of amides is 1. The van der Waals surface area contributed by atoms with Gasteiger partial charge in [-0.05, 0) is 0 Å². The molecule has 0 N–H and O–H groups in total. The molecule has 1 rings (SSSR count). The van der Waals surface area contributed by atoms with Gasteiger partial charge in [-0.15, -0.1) is 0 Å². The molecule has 0 spiro atoms. The molecule has 0 aromatic carbocycles. The SMILES string of the molecule is CC(C)(C)OC(=O)N1C[C@H](/C=[CH]/[Sn]([CH3])([CH3])[CH3])OC1(C)C. The summed E-state index contributed by atoms with van der Waals surface area (Å²) in [6.07, 6.45) is 1.79. The molecule has 0 bridgehead atoms. The Morgan fingerprint density at radius 3 is 2.35 bits per heavy atom. The van der Waals surface area contributed by atoms with Crippen LogP contribution in [0.4, 0.5) is 4.79 Å². The van der Waals surface area contributed by atoms with E-state index in [0.717, 1.165) is 0 Å². The van der Waals surface area contributed by atoms with Gasteiger partial charge in [-0.1, -0.05) is 0 Å². The number of hydrogen-bond acceptors (Lipinski definition) is 3. The third kappa shape index (κ3) is 5.64. The molecule has 20 heavy (non-hydrogen) atoms. The summed E-state index contributed by atoms with van der Waals surface area (Å²) in [6, 6.07) is 0. The van der Waals surface area contributed by atoms with Crippen molar-refractivity contribution in [2.75, 3.05) is 6.54 Å². The first-order valence-electron chi connectivity index (χ1n) is 7.18. The van der Waals surface area contributed by atoms with Crippen molar-refractivity contribution in [3.63, 3.8) is 0 Å². The van der Waals surface area contributed by atoms with E-state index in [2.05, 4.69) is 25.0 Å². The van der Waals surface area contributed by atoms with E-state index in [4.69, 9.17) is 9.47 Å². The molecule has 0 saturated carbocycles. The zero-order valence-corrected chi connectivity index (χ0v) is 17.0. The minimum atomic E-state index is -1.95. The maximum atomic E-state index is 12.2. The van der Waals surface area contributed by atoms with Crippen LogP contribution in [-0.2, 0) is 9.47 Å². The van der Waals surface area contributed by atoms with E-state index < -0.39 is 29.7 Å². The number of rotatable bonds is 2. The van der Waals surface area contributed by atoms with Crippen molar-refractivity contribution < 1.29 is 14.3 Å². The van der Waals surface area contributed by atoms with E-state index in [-0.39, 0.29) is 12.2 Å². The van der Waals surface area contributed by atoms with E-state index in [1.54, 1.807) is 4.90 Å². The second-order valence-corrected chi connectivity index (χ2v) is 22.4. The van der Waals surface area contributed by atoms with Crippen LogP contribution in [0.25, 0.3) is 0 Å². The molecular formula is C15H29NO3Sn. The first kappa shape index (κ1) is 17.8. The van der Waals surface area contributed by atoms with Crippen LogP contribution in [-0.4, -0.2) is 53.3 Å². The van der Waals surface area contributed by atoms with Gasteiger partial charge in [-0.2, -0.15) is 0 Å². The molecule has 1 saturated heterocycles. The summed E-state index contributed by atoms with van der Waals surface area (Å²) in [4.78, 5) is 20.9. The van der Waals surface area contributed by atoms with Crippen LogP contribution in [0.2, 0.25) is 14.8 Å². The van der Waals surface area contributed by atoms with Gasteiger partial charge in [-0.25, -0.2) is 0 Å². The van der Waals surface area contributed by atoms with Gasteiger partial charge in [0.2, 0.25) is 0 Å². The molecule has 0 aliphatic carbocycles. The fourth-order valence-electron chi connectivity index (χ4n) is 1.98. The van der Waals surface area contributed by atoms with Crippen LogP contribution in [0.5, 0.6) is 0 Å². The minimum absolute atomic E-state index is 0.0338. The van der Waals surface area contributed by atoms with Gasteiger partial charge in [0.05, 0.1) is 0 Å². The number of carbonyl (C=O) groups is 1. The molecule has 4 nitrogen and oxygen atoms in total. The molecule has 1 aliphatic rings. The Morgan fingerprint density at radius 2 is 1.90 bits per heavy atom. The van der Waals surface area contributed by atoms with Crippen molar-refractivity contribution in [1.29, 1.82) is 0 Å². The second kappa shape index (κ2) is 5.87. The monoisotopic (exact) mass is 391 g/mol. The fraction of sp³-hybridized carbons (Fsp3) is 0.800. The normalized spacial score (nSPS) is 23.4. The van der Waals surface area contributed by atoms with Gasteiger partial charge in [0, 0.05) is 0 Å². The third-order valence-corrected chi connectivity index (χ3v) is 6.28. The molecule has 0 radical (unpaired) electrons. The Bertz CT molecular complexity index is 391. The molecule has 1 fully saturated rings. The van der Waals surface area contributed by atoms with Gasteiger partial charge >= 0.3 is 127 Å². The van der Waals surface area contributed by atoms with Crippen molar-refractivity contribution in [3.8, 4) is 0 Å². The van der Waals surface area contributed by atoms with Crippen LogP contribution in [0.15, 0.2) is 10.2 Å². The molecule has 0 unspecified atom stereocenters. The van der Waals surface area contributed by atoms with E-state index in [9.17, 15) is 4.79 Å². The first-order valence-corrected chi connectivity index (χ1v) is 17.4. The third-order valence-electron chi connectivity index (χ3n) is 2.88. The van der Waals surface area contributed by atoms with Gasteiger partial charge in [0.15, 0.2) is 0 Å². The number of ether oxygens (including phenoxy) is 2. The quantitative estimate of drug-likeness (QED) is 0.674. The van der Waals surface area contributed by atoms with E-state index in [1.165, 1.54) is 0 Å².